The minimum Gasteiger partial charge on any atom is -0.382 e. The van der Waals surface area contributed by atoms with Gasteiger partial charge in [0.2, 0.25) is 0 Å². The van der Waals surface area contributed by atoms with Crippen molar-refractivity contribution < 1.29 is 14.2 Å². The van der Waals surface area contributed by atoms with Crippen molar-refractivity contribution in [2.75, 3.05) is 31.2 Å². The van der Waals surface area contributed by atoms with Crippen LogP contribution in [0.4, 0.5) is 10.1 Å². The minimum absolute atomic E-state index is 0.305. The average Bonchev–Trinajstić information content (AvgIpc) is 2.84. The van der Waals surface area contributed by atoms with Gasteiger partial charge >= 0.3 is 0 Å². The van der Waals surface area contributed by atoms with Gasteiger partial charge in [-0.2, -0.15) is 0 Å². The number of fused-ring (bicyclic) bond motifs is 1. The zero-order chi connectivity index (χ0) is 22.1. The molecule has 0 spiro atoms. The van der Waals surface area contributed by atoms with Gasteiger partial charge < -0.3 is 14.7 Å². The van der Waals surface area contributed by atoms with E-state index in [4.69, 9.17) is 4.74 Å². The van der Waals surface area contributed by atoms with Crippen molar-refractivity contribution in [2.24, 2.45) is 0 Å². The molecule has 0 saturated carbocycles. The van der Waals surface area contributed by atoms with Crippen molar-refractivity contribution in [1.82, 2.24) is 19.9 Å². The highest BCUT2D eigenvalue weighted by molar-refractivity contribution is 5.94. The van der Waals surface area contributed by atoms with Crippen LogP contribution in [-0.4, -0.2) is 51.3 Å². The number of halogens is 1. The van der Waals surface area contributed by atoms with Gasteiger partial charge in [-0.1, -0.05) is 6.07 Å². The molecule has 162 valence electrons. The molecule has 7 nitrogen and oxygen atoms in total. The van der Waals surface area contributed by atoms with Crippen LogP contribution in [0, 0.1) is 12.7 Å². The second kappa shape index (κ2) is 8.57. The van der Waals surface area contributed by atoms with Crippen molar-refractivity contribution in [3.05, 3.63) is 77.9 Å². The number of aryl methyl sites for hydroxylation is 1. The maximum atomic E-state index is 14.9. The highest BCUT2D eigenvalue weighted by Crippen LogP contribution is 2.33. The van der Waals surface area contributed by atoms with Crippen LogP contribution in [0.3, 0.4) is 0 Å². The molecule has 0 bridgehead atoms. The van der Waals surface area contributed by atoms with Gasteiger partial charge in [0.25, 0.3) is 0 Å². The predicted octanol–water partition coefficient (Wildman–Crippen LogP) is 3.45. The van der Waals surface area contributed by atoms with E-state index in [2.05, 4.69) is 24.8 Å². The molecule has 0 amide bonds. The van der Waals surface area contributed by atoms with Crippen LogP contribution >= 0.6 is 0 Å². The van der Waals surface area contributed by atoms with Crippen LogP contribution < -0.4 is 4.90 Å². The van der Waals surface area contributed by atoms with Gasteiger partial charge in [-0.15, -0.1) is 0 Å². The van der Waals surface area contributed by atoms with Crippen molar-refractivity contribution in [1.29, 1.82) is 0 Å². The number of nitrogens with zero attached hydrogens (tertiary/aromatic N) is 5. The summed E-state index contributed by atoms with van der Waals surface area (Å²) in [6.45, 7) is 4.85. The lowest BCUT2D eigenvalue weighted by molar-refractivity contribution is 0.122. The summed E-state index contributed by atoms with van der Waals surface area (Å²) in [4.78, 5) is 19.2. The first-order valence-corrected chi connectivity index (χ1v) is 10.4. The van der Waals surface area contributed by atoms with E-state index in [1.165, 1.54) is 18.7 Å². The Hall–Kier alpha value is -3.49. The van der Waals surface area contributed by atoms with Gasteiger partial charge in [0, 0.05) is 35.9 Å². The number of aromatic nitrogens is 4. The Morgan fingerprint density at radius 1 is 1.03 bits per heavy atom. The molecule has 1 aliphatic heterocycles. The summed E-state index contributed by atoms with van der Waals surface area (Å²) in [6.07, 6.45) is 3.47. The topological polar surface area (TPSA) is 84.3 Å². The predicted molar refractivity (Wildman–Crippen MR) is 119 cm³/mol. The molecule has 1 N–H and O–H groups in total. The summed E-state index contributed by atoms with van der Waals surface area (Å²) in [6, 6.07) is 10.4. The lowest BCUT2D eigenvalue weighted by Crippen LogP contribution is -2.36. The minimum atomic E-state index is -1.00. The molecule has 3 heterocycles. The molecule has 4 aromatic rings. The number of benzene rings is 2. The van der Waals surface area contributed by atoms with E-state index in [-0.39, 0.29) is 0 Å². The standard InChI is InChI=1S/C24H22FN5O2/c1-15-12-26-13-28-22(15)24(31)16-2-5-20(25)19(10-16)23-18-4-3-17(11-21(18)27-14-29-23)30-6-8-32-9-7-30/h2-5,10-14,24,31H,6-9H2,1H3. The summed E-state index contributed by atoms with van der Waals surface area (Å²) in [5.74, 6) is -0.419. The van der Waals surface area contributed by atoms with Crippen molar-refractivity contribution >= 4 is 16.6 Å². The number of morpholine rings is 1. The first-order valence-electron chi connectivity index (χ1n) is 10.4. The molecular formula is C24H22FN5O2. The highest BCUT2D eigenvalue weighted by atomic mass is 19.1. The number of anilines is 1. The summed E-state index contributed by atoms with van der Waals surface area (Å²) < 4.78 is 20.3. The second-order valence-corrected chi connectivity index (χ2v) is 7.76. The van der Waals surface area contributed by atoms with Gasteiger partial charge in [-0.3, -0.25) is 0 Å². The SMILES string of the molecule is Cc1cncnc1C(O)c1ccc(F)c(-c2ncnc3cc(N4CCOCC4)ccc23)c1. The van der Waals surface area contributed by atoms with Crippen LogP contribution in [0.15, 0.2) is 55.2 Å². The Labute approximate surface area is 184 Å². The van der Waals surface area contributed by atoms with Crippen LogP contribution in [0.1, 0.15) is 22.9 Å². The largest absolute Gasteiger partial charge is 0.382 e. The van der Waals surface area contributed by atoms with E-state index in [0.717, 1.165) is 35.2 Å². The molecule has 32 heavy (non-hydrogen) atoms. The lowest BCUT2D eigenvalue weighted by atomic mass is 9.98. The van der Waals surface area contributed by atoms with Crippen LogP contribution in [0.2, 0.25) is 0 Å². The number of aliphatic hydroxyl groups is 1. The first-order chi connectivity index (χ1) is 15.6. The molecule has 1 unspecified atom stereocenters. The maximum absolute atomic E-state index is 14.9. The fourth-order valence-corrected chi connectivity index (χ4v) is 4.03. The number of hydrogen-bond donors (Lipinski definition) is 1. The number of rotatable bonds is 4. The number of ether oxygens (including phenoxy) is 1. The molecule has 2 aromatic heterocycles. The summed E-state index contributed by atoms with van der Waals surface area (Å²) in [5, 5.41) is 11.6. The zero-order valence-corrected chi connectivity index (χ0v) is 17.6. The van der Waals surface area contributed by atoms with Crippen LogP contribution in [-0.2, 0) is 4.74 Å². The van der Waals surface area contributed by atoms with Gasteiger partial charge in [0.05, 0.1) is 30.1 Å². The molecule has 2 aromatic carbocycles. The van der Waals surface area contributed by atoms with Gasteiger partial charge in [0.15, 0.2) is 0 Å². The molecule has 0 aliphatic carbocycles. The van der Waals surface area contributed by atoms with Crippen molar-refractivity contribution in [3.8, 4) is 11.3 Å². The van der Waals surface area contributed by atoms with Crippen molar-refractivity contribution in [2.45, 2.75) is 13.0 Å². The quantitative estimate of drug-likeness (QED) is 0.530. The maximum Gasteiger partial charge on any atom is 0.132 e. The Morgan fingerprint density at radius 3 is 2.69 bits per heavy atom. The van der Waals surface area contributed by atoms with E-state index in [1.54, 1.807) is 18.3 Å². The van der Waals surface area contributed by atoms with E-state index in [1.807, 2.05) is 25.1 Å². The summed E-state index contributed by atoms with van der Waals surface area (Å²) in [5.41, 5.74) is 4.34. The third-order valence-corrected chi connectivity index (χ3v) is 5.75. The van der Waals surface area contributed by atoms with Gasteiger partial charge in [-0.25, -0.2) is 24.3 Å². The number of aliphatic hydroxyl groups excluding tert-OH is 1. The van der Waals surface area contributed by atoms with Gasteiger partial charge in [0.1, 0.15) is 24.6 Å². The van der Waals surface area contributed by atoms with E-state index in [9.17, 15) is 9.50 Å². The fraction of sp³-hybridized carbons (Fsp3) is 0.250. The Balaban J connectivity index is 1.56. The third-order valence-electron chi connectivity index (χ3n) is 5.75. The Bertz CT molecular complexity index is 1280. The molecule has 0 radical (unpaired) electrons. The average molecular weight is 431 g/mol. The summed E-state index contributed by atoms with van der Waals surface area (Å²) >= 11 is 0. The molecule has 8 heteroatoms. The smallest absolute Gasteiger partial charge is 0.132 e. The Kier molecular flexibility index (Phi) is 5.46. The first kappa shape index (κ1) is 20.4. The molecule has 1 aliphatic rings. The molecule has 5 rings (SSSR count). The molecule has 1 saturated heterocycles. The summed E-state index contributed by atoms with van der Waals surface area (Å²) in [7, 11) is 0. The normalized spacial score (nSPS) is 15.2. The molecular weight excluding hydrogens is 409 g/mol. The van der Waals surface area contributed by atoms with E-state index < -0.39 is 11.9 Å². The highest BCUT2D eigenvalue weighted by Gasteiger charge is 2.19. The Morgan fingerprint density at radius 2 is 1.88 bits per heavy atom. The van der Waals surface area contributed by atoms with Crippen LogP contribution in [0.5, 0.6) is 0 Å². The molecule has 1 atom stereocenters. The molecule has 1 fully saturated rings. The third kappa shape index (κ3) is 3.79. The van der Waals surface area contributed by atoms with E-state index >= 15 is 0 Å². The lowest BCUT2D eigenvalue weighted by Gasteiger charge is -2.29. The number of hydrogen-bond acceptors (Lipinski definition) is 7. The van der Waals surface area contributed by atoms with Gasteiger partial charge in [-0.05, 0) is 48.4 Å². The van der Waals surface area contributed by atoms with Crippen molar-refractivity contribution in [3.63, 3.8) is 0 Å². The zero-order valence-electron chi connectivity index (χ0n) is 17.6. The second-order valence-electron chi connectivity index (χ2n) is 7.76. The monoisotopic (exact) mass is 431 g/mol. The van der Waals surface area contributed by atoms with Crippen LogP contribution in [0.25, 0.3) is 22.2 Å². The van der Waals surface area contributed by atoms with E-state index in [0.29, 0.717) is 35.7 Å². The fourth-order valence-electron chi connectivity index (χ4n) is 4.03.